The van der Waals surface area contributed by atoms with Crippen LogP contribution >= 0.6 is 0 Å². The number of amides is 2. The van der Waals surface area contributed by atoms with Crippen LogP contribution in [-0.2, 0) is 4.74 Å². The Balaban J connectivity index is 2.70. The van der Waals surface area contributed by atoms with Gasteiger partial charge in [0.05, 0.1) is 13.3 Å². The Labute approximate surface area is 82.9 Å². The average molecular weight is 201 g/mol. The van der Waals surface area contributed by atoms with Gasteiger partial charge in [-0.25, -0.2) is 4.79 Å². The van der Waals surface area contributed by atoms with Crippen LogP contribution in [0.25, 0.3) is 0 Å². The van der Waals surface area contributed by atoms with Crippen LogP contribution in [0.5, 0.6) is 0 Å². The zero-order chi connectivity index (χ0) is 10.7. The number of carbonyl (C=O) groups is 1. The number of urea groups is 1. The minimum atomic E-state index is -0.294. The molecule has 1 fully saturated rings. The summed E-state index contributed by atoms with van der Waals surface area (Å²) in [5.41, 5.74) is 0. The van der Waals surface area contributed by atoms with Gasteiger partial charge in [0.1, 0.15) is 6.73 Å². The van der Waals surface area contributed by atoms with E-state index in [-0.39, 0.29) is 18.6 Å². The topological polar surface area (TPSA) is 56.3 Å². The summed E-state index contributed by atoms with van der Waals surface area (Å²) in [6.07, 6.45) is 0. The fourth-order valence-corrected chi connectivity index (χ4v) is 1.31. The summed E-state index contributed by atoms with van der Waals surface area (Å²) in [6.45, 7) is 4.35. The van der Waals surface area contributed by atoms with E-state index in [4.69, 9.17) is 9.84 Å². The number of carbonyl (C=O) groups excluding carboxylic acids is 1. The molecule has 1 rings (SSSR count). The summed E-state index contributed by atoms with van der Waals surface area (Å²) in [7, 11) is 3.35. The molecule has 1 saturated heterocycles. The molecule has 1 N–H and O–H groups in total. The third-order valence-electron chi connectivity index (χ3n) is 1.89. The zero-order valence-electron chi connectivity index (χ0n) is 8.43. The third kappa shape index (κ3) is 2.15. The van der Waals surface area contributed by atoms with E-state index >= 15 is 0 Å². The molecule has 1 aliphatic rings. The minimum absolute atomic E-state index is 0.201. The number of nitrogens with zero attached hydrogens (tertiary/aromatic N) is 3. The Morgan fingerprint density at radius 2 is 2.29 bits per heavy atom. The number of ether oxygens (including phenoxy) is 1. The van der Waals surface area contributed by atoms with Gasteiger partial charge < -0.3 is 9.84 Å². The van der Waals surface area contributed by atoms with Gasteiger partial charge in [0.25, 0.3) is 0 Å². The molecule has 0 spiro atoms. The maximum absolute atomic E-state index is 11.6. The lowest BCUT2D eigenvalue weighted by Crippen LogP contribution is -2.56. The van der Waals surface area contributed by atoms with Crippen LogP contribution in [0.1, 0.15) is 0 Å². The van der Waals surface area contributed by atoms with Crippen molar-refractivity contribution in [3.05, 3.63) is 12.5 Å². The second-order valence-electron chi connectivity index (χ2n) is 3.22. The van der Waals surface area contributed by atoms with Gasteiger partial charge in [-0.1, -0.05) is 0 Å². The molecule has 0 aromatic rings. The first-order chi connectivity index (χ1) is 6.56. The van der Waals surface area contributed by atoms with Crippen molar-refractivity contribution in [3.8, 4) is 0 Å². The van der Waals surface area contributed by atoms with E-state index < -0.39 is 0 Å². The van der Waals surface area contributed by atoms with Crippen molar-refractivity contribution in [2.45, 2.75) is 0 Å². The largest absolute Gasteiger partial charge is 0.495 e. The van der Waals surface area contributed by atoms with Gasteiger partial charge in [-0.3, -0.25) is 14.7 Å². The summed E-state index contributed by atoms with van der Waals surface area (Å²) in [6, 6.07) is -0.294. The second kappa shape index (κ2) is 4.30. The molecule has 0 aliphatic carbocycles. The number of aliphatic hydroxyl groups is 1. The molecule has 1 heterocycles. The van der Waals surface area contributed by atoms with Crippen LogP contribution in [0, 0.1) is 0 Å². The summed E-state index contributed by atoms with van der Waals surface area (Å²) < 4.78 is 4.87. The molecular formula is C8H15N3O3. The number of hydrogen-bond donors (Lipinski definition) is 1. The smallest absolute Gasteiger partial charge is 0.330 e. The van der Waals surface area contributed by atoms with Gasteiger partial charge in [0, 0.05) is 7.11 Å². The molecule has 0 aromatic heterocycles. The van der Waals surface area contributed by atoms with Crippen LogP contribution < -0.4 is 0 Å². The molecule has 6 heteroatoms. The van der Waals surface area contributed by atoms with Crippen molar-refractivity contribution < 1.29 is 14.6 Å². The highest BCUT2D eigenvalue weighted by molar-refractivity contribution is 5.76. The van der Waals surface area contributed by atoms with E-state index in [1.807, 2.05) is 11.9 Å². The molecule has 0 atom stereocenters. The molecule has 0 saturated carbocycles. The highest BCUT2D eigenvalue weighted by atomic mass is 16.5. The van der Waals surface area contributed by atoms with Gasteiger partial charge in [-0.2, -0.15) is 0 Å². The fourth-order valence-electron chi connectivity index (χ4n) is 1.31. The van der Waals surface area contributed by atoms with Crippen LogP contribution in [0.2, 0.25) is 0 Å². The molecule has 80 valence electrons. The highest BCUT2D eigenvalue weighted by Gasteiger charge is 2.29. The SMILES string of the molecule is C=C(O)N1CN(C)CN(COC)C1=O. The highest BCUT2D eigenvalue weighted by Crippen LogP contribution is 2.11. The summed E-state index contributed by atoms with van der Waals surface area (Å²) in [4.78, 5) is 16.1. The first-order valence-corrected chi connectivity index (χ1v) is 4.18. The van der Waals surface area contributed by atoms with E-state index in [1.165, 1.54) is 16.9 Å². The van der Waals surface area contributed by atoms with Crippen molar-refractivity contribution in [2.75, 3.05) is 34.2 Å². The maximum atomic E-state index is 11.6. The Morgan fingerprint density at radius 1 is 1.64 bits per heavy atom. The van der Waals surface area contributed by atoms with Crippen molar-refractivity contribution in [3.63, 3.8) is 0 Å². The predicted molar refractivity (Wildman–Crippen MR) is 50.2 cm³/mol. The monoisotopic (exact) mass is 201 g/mol. The normalized spacial score (nSPS) is 18.9. The molecular weight excluding hydrogens is 186 g/mol. The van der Waals surface area contributed by atoms with E-state index in [9.17, 15) is 4.79 Å². The van der Waals surface area contributed by atoms with E-state index in [2.05, 4.69) is 6.58 Å². The van der Waals surface area contributed by atoms with Crippen molar-refractivity contribution in [1.82, 2.24) is 14.7 Å². The molecule has 1 aliphatic heterocycles. The van der Waals surface area contributed by atoms with Gasteiger partial charge >= 0.3 is 6.03 Å². The quantitative estimate of drug-likeness (QED) is 0.663. The van der Waals surface area contributed by atoms with Gasteiger partial charge in [-0.05, 0) is 13.6 Å². The van der Waals surface area contributed by atoms with Crippen LogP contribution in [0.4, 0.5) is 4.79 Å². The predicted octanol–water partition coefficient (Wildman–Crippen LogP) is 0.204. The van der Waals surface area contributed by atoms with Gasteiger partial charge in [-0.15, -0.1) is 0 Å². The molecule has 0 bridgehead atoms. The summed E-state index contributed by atoms with van der Waals surface area (Å²) >= 11 is 0. The first-order valence-electron chi connectivity index (χ1n) is 4.18. The Kier molecular flexibility index (Phi) is 3.32. The summed E-state index contributed by atoms with van der Waals surface area (Å²) in [5.74, 6) is -0.248. The molecule has 0 aromatic carbocycles. The molecule has 0 radical (unpaired) electrons. The van der Waals surface area contributed by atoms with E-state index in [0.717, 1.165) is 0 Å². The molecule has 0 unspecified atom stereocenters. The zero-order valence-corrected chi connectivity index (χ0v) is 8.43. The molecule has 14 heavy (non-hydrogen) atoms. The minimum Gasteiger partial charge on any atom is -0.495 e. The van der Waals surface area contributed by atoms with E-state index in [0.29, 0.717) is 13.3 Å². The molecule has 6 nitrogen and oxygen atoms in total. The molecule has 2 amide bonds. The Hall–Kier alpha value is -1.27. The number of aliphatic hydroxyl groups excluding tert-OH is 1. The first kappa shape index (κ1) is 10.8. The number of hydrogen-bond acceptors (Lipinski definition) is 4. The van der Waals surface area contributed by atoms with Gasteiger partial charge in [0.2, 0.25) is 0 Å². The standard InChI is InChI=1S/C8H15N3O3/c1-7(12)11-5-9(2)4-10(6-14-3)8(11)13/h12H,1,4-6H2,2-3H3. The average Bonchev–Trinajstić information content (AvgIpc) is 2.10. The maximum Gasteiger partial charge on any atom is 0.330 e. The van der Waals surface area contributed by atoms with Crippen LogP contribution in [0.15, 0.2) is 12.5 Å². The van der Waals surface area contributed by atoms with Crippen molar-refractivity contribution >= 4 is 6.03 Å². The second-order valence-corrected chi connectivity index (χ2v) is 3.22. The summed E-state index contributed by atoms with van der Waals surface area (Å²) in [5, 5.41) is 9.17. The van der Waals surface area contributed by atoms with Crippen molar-refractivity contribution in [1.29, 1.82) is 0 Å². The van der Waals surface area contributed by atoms with Crippen LogP contribution in [-0.4, -0.2) is 60.1 Å². The lowest BCUT2D eigenvalue weighted by Gasteiger charge is -2.39. The fraction of sp³-hybridized carbons (Fsp3) is 0.625. The lowest BCUT2D eigenvalue weighted by molar-refractivity contribution is -0.00673. The van der Waals surface area contributed by atoms with Crippen LogP contribution in [0.3, 0.4) is 0 Å². The van der Waals surface area contributed by atoms with Crippen molar-refractivity contribution in [2.24, 2.45) is 0 Å². The number of methoxy groups -OCH3 is 1. The Morgan fingerprint density at radius 3 is 2.79 bits per heavy atom. The number of rotatable bonds is 3. The lowest BCUT2D eigenvalue weighted by atomic mass is 10.5. The third-order valence-corrected chi connectivity index (χ3v) is 1.89. The van der Waals surface area contributed by atoms with Gasteiger partial charge in [0.15, 0.2) is 5.88 Å². The Bertz CT molecular complexity index is 244. The van der Waals surface area contributed by atoms with E-state index in [1.54, 1.807) is 0 Å².